The Morgan fingerprint density at radius 3 is 2.73 bits per heavy atom. The number of hydrazine groups is 1. The maximum atomic E-state index is 11.9. The molecule has 0 radical (unpaired) electrons. The van der Waals surface area contributed by atoms with E-state index in [9.17, 15) is 4.79 Å². The summed E-state index contributed by atoms with van der Waals surface area (Å²) in [6.07, 6.45) is 1.68. The molecule has 0 aliphatic rings. The fourth-order valence-corrected chi connectivity index (χ4v) is 2.56. The van der Waals surface area contributed by atoms with E-state index < -0.39 is 0 Å². The van der Waals surface area contributed by atoms with Crippen molar-refractivity contribution in [3.8, 4) is 5.75 Å². The third-order valence-electron chi connectivity index (χ3n) is 3.39. The van der Waals surface area contributed by atoms with Crippen LogP contribution in [0.25, 0.3) is 10.9 Å². The zero-order valence-corrected chi connectivity index (χ0v) is 15.1. The fraction of sp³-hybridized carbons (Fsp3) is 0.0556. The van der Waals surface area contributed by atoms with Crippen LogP contribution in [0.2, 0.25) is 5.02 Å². The van der Waals surface area contributed by atoms with Crippen molar-refractivity contribution in [3.63, 3.8) is 0 Å². The molecule has 0 aliphatic carbocycles. The van der Waals surface area contributed by atoms with E-state index in [0.29, 0.717) is 22.0 Å². The standard InChI is InChI=1S/C18H15ClN4O2S/c19-13-7-1-2-8-14(13)21-18(26)23-22-16(24)11-25-15-9-3-5-12-6-4-10-20-17(12)15/h1-10H,11H2,(H,22,24)(H2,21,23,26). The molecule has 26 heavy (non-hydrogen) atoms. The predicted molar refractivity (Wildman–Crippen MR) is 106 cm³/mol. The SMILES string of the molecule is O=C(COc1cccc2cccnc12)NNC(=S)Nc1ccccc1Cl. The monoisotopic (exact) mass is 386 g/mol. The lowest BCUT2D eigenvalue weighted by Crippen LogP contribution is -2.45. The molecule has 1 heterocycles. The Labute approximate surface area is 160 Å². The van der Waals surface area contributed by atoms with E-state index >= 15 is 0 Å². The number of anilines is 1. The second kappa shape index (κ2) is 8.46. The van der Waals surface area contributed by atoms with E-state index in [1.807, 2.05) is 36.4 Å². The van der Waals surface area contributed by atoms with Crippen molar-refractivity contribution in [1.82, 2.24) is 15.8 Å². The topological polar surface area (TPSA) is 75.3 Å². The molecule has 0 saturated carbocycles. The van der Waals surface area contributed by atoms with E-state index in [2.05, 4.69) is 21.2 Å². The number of hydrogen-bond donors (Lipinski definition) is 3. The molecule has 0 fully saturated rings. The largest absolute Gasteiger partial charge is 0.481 e. The number of thiocarbonyl (C=S) groups is 1. The van der Waals surface area contributed by atoms with Gasteiger partial charge in [-0.05, 0) is 36.5 Å². The number of carbonyl (C=O) groups excluding carboxylic acids is 1. The summed E-state index contributed by atoms with van der Waals surface area (Å²) in [6.45, 7) is -0.183. The zero-order valence-electron chi connectivity index (χ0n) is 13.5. The fourth-order valence-electron chi connectivity index (χ4n) is 2.21. The number of benzene rings is 2. The number of pyridine rings is 1. The van der Waals surface area contributed by atoms with Crippen LogP contribution < -0.4 is 20.9 Å². The molecule has 8 heteroatoms. The van der Waals surface area contributed by atoms with Crippen LogP contribution in [-0.4, -0.2) is 22.6 Å². The van der Waals surface area contributed by atoms with Gasteiger partial charge in [-0.15, -0.1) is 0 Å². The van der Waals surface area contributed by atoms with Gasteiger partial charge in [0.15, 0.2) is 11.7 Å². The lowest BCUT2D eigenvalue weighted by molar-refractivity contribution is -0.123. The number of aromatic nitrogens is 1. The molecule has 0 spiro atoms. The van der Waals surface area contributed by atoms with Crippen molar-refractivity contribution in [2.24, 2.45) is 0 Å². The number of para-hydroxylation sites is 2. The highest BCUT2D eigenvalue weighted by atomic mass is 35.5. The third-order valence-corrected chi connectivity index (χ3v) is 3.93. The van der Waals surface area contributed by atoms with Gasteiger partial charge in [0.2, 0.25) is 0 Å². The average Bonchev–Trinajstić information content (AvgIpc) is 2.66. The molecule has 0 aliphatic heterocycles. The lowest BCUT2D eigenvalue weighted by atomic mass is 10.2. The highest BCUT2D eigenvalue weighted by molar-refractivity contribution is 7.80. The minimum absolute atomic E-state index is 0.183. The molecular formula is C18H15ClN4O2S. The summed E-state index contributed by atoms with van der Waals surface area (Å²) in [5.74, 6) is 0.149. The summed E-state index contributed by atoms with van der Waals surface area (Å²) in [5, 5.41) is 4.55. The average molecular weight is 387 g/mol. The molecule has 3 N–H and O–H groups in total. The molecule has 3 aromatic rings. The maximum Gasteiger partial charge on any atom is 0.276 e. The van der Waals surface area contributed by atoms with Crippen LogP contribution in [0.1, 0.15) is 0 Å². The normalized spacial score (nSPS) is 10.2. The first-order chi connectivity index (χ1) is 12.6. The zero-order chi connectivity index (χ0) is 18.4. The maximum absolute atomic E-state index is 11.9. The molecule has 0 atom stereocenters. The van der Waals surface area contributed by atoms with Gasteiger partial charge in [0.05, 0.1) is 10.7 Å². The molecule has 3 rings (SSSR count). The summed E-state index contributed by atoms with van der Waals surface area (Å²) in [4.78, 5) is 16.2. The van der Waals surface area contributed by atoms with Gasteiger partial charge in [0.25, 0.3) is 5.91 Å². The molecule has 0 bridgehead atoms. The molecule has 1 aromatic heterocycles. The first-order valence-corrected chi connectivity index (χ1v) is 8.49. The van der Waals surface area contributed by atoms with Crippen LogP contribution in [0.15, 0.2) is 60.8 Å². The molecule has 2 aromatic carbocycles. The van der Waals surface area contributed by atoms with E-state index in [-0.39, 0.29) is 17.6 Å². The molecule has 1 amide bonds. The number of hydrogen-bond acceptors (Lipinski definition) is 4. The highest BCUT2D eigenvalue weighted by Gasteiger charge is 2.07. The lowest BCUT2D eigenvalue weighted by Gasteiger charge is -2.13. The van der Waals surface area contributed by atoms with Gasteiger partial charge < -0.3 is 10.1 Å². The van der Waals surface area contributed by atoms with Gasteiger partial charge >= 0.3 is 0 Å². The number of nitrogens with zero attached hydrogens (tertiary/aromatic N) is 1. The van der Waals surface area contributed by atoms with Gasteiger partial charge in [-0.1, -0.05) is 41.9 Å². The molecule has 6 nitrogen and oxygen atoms in total. The van der Waals surface area contributed by atoms with Gasteiger partial charge in [-0.25, -0.2) is 0 Å². The number of nitrogens with one attached hydrogen (secondary N) is 3. The molecule has 0 unspecified atom stereocenters. The van der Waals surface area contributed by atoms with Crippen LogP contribution in [-0.2, 0) is 4.79 Å². The van der Waals surface area contributed by atoms with Gasteiger partial charge in [-0.3, -0.25) is 20.6 Å². The summed E-state index contributed by atoms with van der Waals surface area (Å²) in [7, 11) is 0. The van der Waals surface area contributed by atoms with Crippen LogP contribution in [0.3, 0.4) is 0 Å². The molecule has 0 saturated heterocycles. The van der Waals surface area contributed by atoms with Crippen molar-refractivity contribution < 1.29 is 9.53 Å². The minimum Gasteiger partial charge on any atom is -0.481 e. The summed E-state index contributed by atoms with van der Waals surface area (Å²) >= 11 is 11.1. The number of rotatable bonds is 4. The Bertz CT molecular complexity index is 946. The van der Waals surface area contributed by atoms with E-state index in [4.69, 9.17) is 28.6 Å². The van der Waals surface area contributed by atoms with Crippen LogP contribution in [0.4, 0.5) is 5.69 Å². The highest BCUT2D eigenvalue weighted by Crippen LogP contribution is 2.22. The number of ether oxygens (including phenoxy) is 1. The smallest absolute Gasteiger partial charge is 0.276 e. The summed E-state index contributed by atoms with van der Waals surface area (Å²) in [6, 6.07) is 16.4. The van der Waals surface area contributed by atoms with Crippen molar-refractivity contribution in [3.05, 3.63) is 65.8 Å². The number of carbonyl (C=O) groups is 1. The van der Waals surface area contributed by atoms with Crippen LogP contribution >= 0.6 is 23.8 Å². The van der Waals surface area contributed by atoms with Crippen molar-refractivity contribution >= 4 is 51.4 Å². The third kappa shape index (κ3) is 4.59. The van der Waals surface area contributed by atoms with E-state index in [0.717, 1.165) is 5.39 Å². The molecular weight excluding hydrogens is 372 g/mol. The summed E-state index contributed by atoms with van der Waals surface area (Å²) < 4.78 is 5.55. The van der Waals surface area contributed by atoms with Gasteiger partial charge in [-0.2, -0.15) is 0 Å². The Balaban J connectivity index is 1.50. The minimum atomic E-state index is -0.388. The van der Waals surface area contributed by atoms with Gasteiger partial charge in [0, 0.05) is 11.6 Å². The Morgan fingerprint density at radius 2 is 1.88 bits per heavy atom. The number of amides is 1. The van der Waals surface area contributed by atoms with E-state index in [1.165, 1.54) is 0 Å². The van der Waals surface area contributed by atoms with Gasteiger partial charge in [0.1, 0.15) is 11.3 Å². The Morgan fingerprint density at radius 1 is 1.08 bits per heavy atom. The Hall–Kier alpha value is -2.90. The van der Waals surface area contributed by atoms with Crippen molar-refractivity contribution in [2.45, 2.75) is 0 Å². The quantitative estimate of drug-likeness (QED) is 0.472. The predicted octanol–water partition coefficient (Wildman–Crippen LogP) is 3.28. The van der Waals surface area contributed by atoms with Crippen LogP contribution in [0.5, 0.6) is 5.75 Å². The number of fused-ring (bicyclic) bond motifs is 1. The molecule has 132 valence electrons. The van der Waals surface area contributed by atoms with Crippen molar-refractivity contribution in [2.75, 3.05) is 11.9 Å². The second-order valence-electron chi connectivity index (χ2n) is 5.23. The van der Waals surface area contributed by atoms with Crippen LogP contribution in [0, 0.1) is 0 Å². The second-order valence-corrected chi connectivity index (χ2v) is 6.04. The van der Waals surface area contributed by atoms with E-state index in [1.54, 1.807) is 24.4 Å². The number of halogens is 1. The summed E-state index contributed by atoms with van der Waals surface area (Å²) in [5.41, 5.74) is 6.40. The Kier molecular flexibility index (Phi) is 5.83. The van der Waals surface area contributed by atoms with Crippen molar-refractivity contribution in [1.29, 1.82) is 0 Å². The first-order valence-electron chi connectivity index (χ1n) is 7.70. The first kappa shape index (κ1) is 17.9.